The Morgan fingerprint density at radius 2 is 1.77 bits per heavy atom. The molecule has 2 fully saturated rings. The second-order valence-corrected chi connectivity index (χ2v) is 11.3. The summed E-state index contributed by atoms with van der Waals surface area (Å²) in [5.74, 6) is -2.77. The SMILES string of the molecule is C[C@H](OC(N)=O)c1oc(-c2ccc(OC(F)F)c(OCC3CC3)c2)nc1C(=O)NC(CNC(=O)NCC1CC1)c1ccc(F)cc1F. The molecule has 12 nitrogen and oxygen atoms in total. The maximum atomic E-state index is 14.9. The highest BCUT2D eigenvalue weighted by molar-refractivity contribution is 5.94. The normalized spacial score (nSPS) is 15.4. The van der Waals surface area contributed by atoms with Crippen LogP contribution < -0.4 is 31.2 Å². The monoisotopic (exact) mass is 663 g/mol. The number of nitrogens with zero attached hydrogens (tertiary/aromatic N) is 1. The predicted molar refractivity (Wildman–Crippen MR) is 157 cm³/mol. The minimum atomic E-state index is -3.11. The first-order valence-electron chi connectivity index (χ1n) is 14.9. The first-order chi connectivity index (χ1) is 22.5. The highest BCUT2D eigenvalue weighted by atomic mass is 19.3. The van der Waals surface area contributed by atoms with E-state index in [-0.39, 0.29) is 53.3 Å². The number of nitrogens with one attached hydrogen (secondary N) is 3. The molecule has 2 atom stereocenters. The molecular weight excluding hydrogens is 630 g/mol. The van der Waals surface area contributed by atoms with Gasteiger partial charge in [0.1, 0.15) is 11.6 Å². The minimum absolute atomic E-state index is 0.0141. The largest absolute Gasteiger partial charge is 0.489 e. The lowest BCUT2D eigenvalue weighted by atomic mass is 10.1. The molecule has 0 aliphatic heterocycles. The van der Waals surface area contributed by atoms with E-state index in [4.69, 9.17) is 19.6 Å². The van der Waals surface area contributed by atoms with Crippen LogP contribution in [0.15, 0.2) is 40.8 Å². The second-order valence-electron chi connectivity index (χ2n) is 11.3. The highest BCUT2D eigenvalue weighted by Gasteiger charge is 2.31. The number of rotatable bonds is 15. The molecule has 16 heteroatoms. The number of hydrogen-bond acceptors (Lipinski definition) is 8. The number of carbonyl (C=O) groups excluding carboxylic acids is 3. The Kier molecular flexibility index (Phi) is 10.4. The summed E-state index contributed by atoms with van der Waals surface area (Å²) in [5, 5.41) is 7.84. The number of amides is 4. The zero-order valence-electron chi connectivity index (χ0n) is 25.2. The Bertz CT molecular complexity index is 1610. The van der Waals surface area contributed by atoms with E-state index in [9.17, 15) is 31.9 Å². The summed E-state index contributed by atoms with van der Waals surface area (Å²) in [6, 6.07) is 4.90. The van der Waals surface area contributed by atoms with Gasteiger partial charge in [-0.25, -0.2) is 23.4 Å². The summed E-state index contributed by atoms with van der Waals surface area (Å²) in [6.45, 7) is -1.33. The molecule has 1 unspecified atom stereocenters. The molecule has 0 spiro atoms. The molecule has 2 saturated carbocycles. The number of alkyl halides is 2. The quantitative estimate of drug-likeness (QED) is 0.158. The van der Waals surface area contributed by atoms with Crippen molar-refractivity contribution < 1.29 is 50.6 Å². The van der Waals surface area contributed by atoms with Gasteiger partial charge in [0.05, 0.1) is 12.6 Å². The number of ether oxygens (including phenoxy) is 3. The molecule has 1 heterocycles. The molecule has 2 aliphatic carbocycles. The van der Waals surface area contributed by atoms with Crippen LogP contribution in [0.2, 0.25) is 0 Å². The molecule has 0 saturated heterocycles. The molecule has 2 aromatic carbocycles. The van der Waals surface area contributed by atoms with Crippen molar-refractivity contribution in [1.82, 2.24) is 20.9 Å². The van der Waals surface area contributed by atoms with Crippen LogP contribution >= 0.6 is 0 Å². The van der Waals surface area contributed by atoms with Crippen LogP contribution in [0.25, 0.3) is 11.5 Å². The lowest BCUT2D eigenvalue weighted by Crippen LogP contribution is -2.43. The van der Waals surface area contributed by atoms with Gasteiger partial charge in [0.2, 0.25) is 5.89 Å². The number of benzene rings is 2. The number of urea groups is 1. The summed E-state index contributed by atoms with van der Waals surface area (Å²) in [4.78, 5) is 41.9. The van der Waals surface area contributed by atoms with Crippen LogP contribution in [0.5, 0.6) is 11.5 Å². The predicted octanol–water partition coefficient (Wildman–Crippen LogP) is 5.35. The van der Waals surface area contributed by atoms with Crippen LogP contribution in [0.4, 0.5) is 27.2 Å². The van der Waals surface area contributed by atoms with Gasteiger partial charge in [0.25, 0.3) is 5.91 Å². The zero-order valence-corrected chi connectivity index (χ0v) is 25.2. The molecule has 1 aromatic heterocycles. The first kappa shape index (κ1) is 33.3. The molecule has 4 amide bonds. The molecule has 252 valence electrons. The van der Waals surface area contributed by atoms with Gasteiger partial charge in [0.15, 0.2) is 29.1 Å². The third kappa shape index (κ3) is 9.26. The number of halogens is 4. The van der Waals surface area contributed by atoms with Crippen LogP contribution in [-0.4, -0.2) is 49.3 Å². The van der Waals surface area contributed by atoms with Gasteiger partial charge in [-0.3, -0.25) is 4.79 Å². The Labute approximate surface area is 266 Å². The molecule has 5 N–H and O–H groups in total. The van der Waals surface area contributed by atoms with Crippen LogP contribution in [0, 0.1) is 23.5 Å². The zero-order chi connectivity index (χ0) is 33.7. The van der Waals surface area contributed by atoms with Crippen molar-refractivity contribution in [2.45, 2.75) is 51.4 Å². The van der Waals surface area contributed by atoms with E-state index in [0.717, 1.165) is 37.8 Å². The summed E-state index contributed by atoms with van der Waals surface area (Å²) >= 11 is 0. The maximum Gasteiger partial charge on any atom is 0.405 e. The fraction of sp³-hybridized carbons (Fsp3) is 0.419. The van der Waals surface area contributed by atoms with Gasteiger partial charge < -0.3 is 40.3 Å². The van der Waals surface area contributed by atoms with Gasteiger partial charge in [0, 0.05) is 30.3 Å². The van der Waals surface area contributed by atoms with Gasteiger partial charge in [-0.1, -0.05) is 6.07 Å². The number of nitrogens with two attached hydrogens (primary N) is 1. The van der Waals surface area contributed by atoms with E-state index in [2.05, 4.69) is 25.7 Å². The lowest BCUT2D eigenvalue weighted by Gasteiger charge is -2.21. The summed E-state index contributed by atoms with van der Waals surface area (Å²) in [6.07, 6.45) is 1.46. The van der Waals surface area contributed by atoms with Crippen molar-refractivity contribution in [3.8, 4) is 23.0 Å². The lowest BCUT2D eigenvalue weighted by molar-refractivity contribution is -0.0515. The van der Waals surface area contributed by atoms with Crippen molar-refractivity contribution >= 4 is 18.0 Å². The van der Waals surface area contributed by atoms with Crippen LogP contribution in [-0.2, 0) is 4.74 Å². The van der Waals surface area contributed by atoms with Crippen molar-refractivity contribution in [2.24, 2.45) is 17.6 Å². The molecule has 0 bridgehead atoms. The van der Waals surface area contributed by atoms with Crippen molar-refractivity contribution in [3.63, 3.8) is 0 Å². The van der Waals surface area contributed by atoms with Crippen molar-refractivity contribution in [3.05, 3.63) is 65.1 Å². The van der Waals surface area contributed by atoms with Crippen LogP contribution in [0.3, 0.4) is 0 Å². The molecule has 3 aromatic rings. The third-order valence-electron chi connectivity index (χ3n) is 7.47. The van der Waals surface area contributed by atoms with E-state index < -0.39 is 54.1 Å². The third-order valence-corrected chi connectivity index (χ3v) is 7.47. The highest BCUT2D eigenvalue weighted by Crippen LogP contribution is 2.37. The summed E-state index contributed by atoms with van der Waals surface area (Å²) < 4.78 is 75.8. The smallest absolute Gasteiger partial charge is 0.405 e. The van der Waals surface area contributed by atoms with Gasteiger partial charge in [-0.15, -0.1) is 0 Å². The Morgan fingerprint density at radius 3 is 2.43 bits per heavy atom. The number of oxazole rings is 1. The Morgan fingerprint density at radius 1 is 1.02 bits per heavy atom. The van der Waals surface area contributed by atoms with Crippen LogP contribution in [0.1, 0.15) is 66.6 Å². The number of hydrogen-bond donors (Lipinski definition) is 4. The van der Waals surface area contributed by atoms with Gasteiger partial charge in [-0.2, -0.15) is 8.78 Å². The minimum Gasteiger partial charge on any atom is -0.489 e. The summed E-state index contributed by atoms with van der Waals surface area (Å²) in [7, 11) is 0. The second kappa shape index (κ2) is 14.6. The molecule has 47 heavy (non-hydrogen) atoms. The molecular formula is C31H33F4N5O7. The Balaban J connectivity index is 1.44. The standard InChI is InChI=1S/C31H33F4N5O7/c1-15(45-30(36)42)26-25(40-28(47-26)18-6-9-23(46-29(34)35)24(10-18)44-14-17-4-5-17)27(41)39-22(20-8-7-19(32)11-21(20)33)13-38-31(43)37-12-16-2-3-16/h6-11,15-17,22,29H,2-5,12-14H2,1H3,(H2,36,42)(H,39,41)(H2,37,38,43)/t15-,22?/m0/s1. The van der Waals surface area contributed by atoms with Crippen molar-refractivity contribution in [1.29, 1.82) is 0 Å². The fourth-order valence-electron chi connectivity index (χ4n) is 4.63. The maximum absolute atomic E-state index is 14.9. The van der Waals surface area contributed by atoms with E-state index in [1.165, 1.54) is 25.1 Å². The van der Waals surface area contributed by atoms with Gasteiger partial charge >= 0.3 is 18.7 Å². The van der Waals surface area contributed by atoms with E-state index >= 15 is 0 Å². The van der Waals surface area contributed by atoms with E-state index in [1.54, 1.807) is 0 Å². The summed E-state index contributed by atoms with van der Waals surface area (Å²) in [5.41, 5.74) is 4.84. The van der Waals surface area contributed by atoms with E-state index in [0.29, 0.717) is 18.5 Å². The first-order valence-corrected chi connectivity index (χ1v) is 14.9. The number of primary amides is 1. The number of carbonyl (C=O) groups is 3. The average molecular weight is 664 g/mol. The van der Waals surface area contributed by atoms with Gasteiger partial charge in [-0.05, 0) is 68.7 Å². The topological polar surface area (TPSA) is 167 Å². The van der Waals surface area contributed by atoms with E-state index in [1.807, 2.05) is 0 Å². The average Bonchev–Trinajstić information content (AvgIpc) is 3.95. The molecule has 0 radical (unpaired) electrons. The van der Waals surface area contributed by atoms with Crippen molar-refractivity contribution in [2.75, 3.05) is 19.7 Å². The number of aromatic nitrogens is 1. The Hall–Kier alpha value is -5.02. The molecule has 2 aliphatic rings. The fourth-order valence-corrected chi connectivity index (χ4v) is 4.63. The molecule has 5 rings (SSSR count).